The van der Waals surface area contributed by atoms with Gasteiger partial charge in [-0.1, -0.05) is 48.5 Å². The highest BCUT2D eigenvalue weighted by Crippen LogP contribution is 2.44. The lowest BCUT2D eigenvalue weighted by atomic mass is 9.71. The minimum Gasteiger partial charge on any atom is -0.481 e. The third-order valence-electron chi connectivity index (χ3n) is 8.20. The van der Waals surface area contributed by atoms with Gasteiger partial charge in [-0.15, -0.1) is 0 Å². The first-order valence-electron chi connectivity index (χ1n) is 13.2. The summed E-state index contributed by atoms with van der Waals surface area (Å²) in [5.41, 5.74) is 8.53. The highest BCUT2D eigenvalue weighted by atomic mass is 16.6. The number of ether oxygens (including phenoxy) is 1. The minimum atomic E-state index is -1.71. The summed E-state index contributed by atoms with van der Waals surface area (Å²) >= 11 is 0. The summed E-state index contributed by atoms with van der Waals surface area (Å²) in [6, 6.07) is 16.5. The number of nitrogens with zero attached hydrogens (tertiary/aromatic N) is 2. The van der Waals surface area contributed by atoms with E-state index in [1.54, 1.807) is 11.8 Å². The van der Waals surface area contributed by atoms with Crippen molar-refractivity contribution in [1.82, 2.24) is 4.90 Å². The summed E-state index contributed by atoms with van der Waals surface area (Å²) in [6.45, 7) is 7.60. The molecule has 202 valence electrons. The Bertz CT molecular complexity index is 1390. The van der Waals surface area contributed by atoms with Gasteiger partial charge in [-0.25, -0.2) is 4.79 Å². The molecule has 3 aromatic carbocycles. The van der Waals surface area contributed by atoms with Crippen LogP contribution in [0.4, 0.5) is 10.5 Å². The van der Waals surface area contributed by atoms with Crippen molar-refractivity contribution in [2.24, 2.45) is 0 Å². The number of rotatable bonds is 6. The van der Waals surface area contributed by atoms with E-state index in [1.165, 1.54) is 22.3 Å². The second-order valence-electron chi connectivity index (χ2n) is 10.3. The maximum Gasteiger partial charge on any atom is 0.489 e. The van der Waals surface area contributed by atoms with Crippen molar-refractivity contribution in [2.75, 3.05) is 37.7 Å². The number of carbonyl (C=O) groups is 2. The zero-order chi connectivity index (χ0) is 27.8. The number of aliphatic carboxylic acids is 1. The van der Waals surface area contributed by atoms with Gasteiger partial charge in [0.05, 0.1) is 6.42 Å². The first-order valence-corrected chi connectivity index (χ1v) is 13.2. The molecule has 2 aliphatic rings. The minimum absolute atomic E-state index is 0.00326. The van der Waals surface area contributed by atoms with E-state index < -0.39 is 13.1 Å². The number of carboxylic acids is 1. The largest absolute Gasteiger partial charge is 0.489 e. The van der Waals surface area contributed by atoms with Crippen LogP contribution in [-0.4, -0.2) is 72.0 Å². The molecule has 3 N–H and O–H groups in total. The molecule has 5 rings (SSSR count). The Morgan fingerprint density at radius 2 is 1.44 bits per heavy atom. The number of carbonyl (C=O) groups excluding carboxylic acids is 1. The quantitative estimate of drug-likeness (QED) is 0.422. The molecule has 0 unspecified atom stereocenters. The number of amides is 1. The van der Waals surface area contributed by atoms with Gasteiger partial charge < -0.3 is 29.7 Å². The maximum absolute atomic E-state index is 13.1. The van der Waals surface area contributed by atoms with E-state index in [9.17, 15) is 24.7 Å². The summed E-state index contributed by atoms with van der Waals surface area (Å²) < 4.78 is 5.83. The Balaban J connectivity index is 1.29. The van der Waals surface area contributed by atoms with Crippen LogP contribution in [0.15, 0.2) is 48.5 Å². The van der Waals surface area contributed by atoms with Gasteiger partial charge in [0.2, 0.25) is 0 Å². The van der Waals surface area contributed by atoms with Crippen LogP contribution in [0.3, 0.4) is 0 Å². The van der Waals surface area contributed by atoms with Gasteiger partial charge in [0.1, 0.15) is 6.61 Å². The second-order valence-corrected chi connectivity index (χ2v) is 10.3. The summed E-state index contributed by atoms with van der Waals surface area (Å²) in [7, 11) is -1.71. The van der Waals surface area contributed by atoms with Crippen molar-refractivity contribution in [2.45, 2.75) is 33.1 Å². The van der Waals surface area contributed by atoms with Crippen LogP contribution < -0.4 is 10.4 Å². The number of benzene rings is 3. The molecule has 9 heteroatoms. The van der Waals surface area contributed by atoms with Gasteiger partial charge >= 0.3 is 19.2 Å². The zero-order valence-electron chi connectivity index (χ0n) is 22.5. The fraction of sp³-hybridized carbons (Fsp3) is 0.333. The first-order chi connectivity index (χ1) is 18.7. The number of piperazine rings is 1. The lowest BCUT2D eigenvalue weighted by molar-refractivity contribution is -0.136. The molecule has 0 radical (unpaired) electrons. The Morgan fingerprint density at radius 1 is 0.872 bits per heavy atom. The molecule has 1 saturated heterocycles. The van der Waals surface area contributed by atoms with Crippen molar-refractivity contribution in [3.05, 3.63) is 81.9 Å². The molecule has 0 saturated carbocycles. The molecule has 3 aromatic rings. The second kappa shape index (κ2) is 10.7. The Hall–Kier alpha value is -3.82. The molecule has 0 spiro atoms. The molecule has 1 aliphatic heterocycles. The number of hydrogen-bond donors (Lipinski definition) is 3. The van der Waals surface area contributed by atoms with E-state index >= 15 is 0 Å². The van der Waals surface area contributed by atoms with Crippen molar-refractivity contribution in [1.29, 1.82) is 0 Å². The van der Waals surface area contributed by atoms with Gasteiger partial charge in [0.25, 0.3) is 0 Å². The summed E-state index contributed by atoms with van der Waals surface area (Å²) in [5.74, 6) is -0.981. The highest BCUT2D eigenvalue weighted by molar-refractivity contribution is 6.60. The summed E-state index contributed by atoms with van der Waals surface area (Å²) in [4.78, 5) is 28.4. The Kier molecular flexibility index (Phi) is 7.38. The van der Waals surface area contributed by atoms with E-state index in [4.69, 9.17) is 4.74 Å². The zero-order valence-corrected chi connectivity index (χ0v) is 22.5. The first kappa shape index (κ1) is 26.8. The van der Waals surface area contributed by atoms with E-state index in [0.29, 0.717) is 48.3 Å². The molecule has 0 aromatic heterocycles. The third-order valence-corrected chi connectivity index (χ3v) is 8.20. The van der Waals surface area contributed by atoms with Crippen LogP contribution in [0, 0.1) is 20.8 Å². The van der Waals surface area contributed by atoms with E-state index in [-0.39, 0.29) is 25.0 Å². The number of carboxylic acid groups (broad SMARTS) is 1. The Labute approximate surface area is 228 Å². The van der Waals surface area contributed by atoms with Crippen molar-refractivity contribution < 1.29 is 29.5 Å². The molecule has 1 heterocycles. The molecule has 1 aliphatic carbocycles. The fourth-order valence-electron chi connectivity index (χ4n) is 6.35. The molecule has 1 amide bonds. The summed E-state index contributed by atoms with van der Waals surface area (Å²) in [5, 5.41) is 29.6. The normalized spacial score (nSPS) is 14.7. The van der Waals surface area contributed by atoms with E-state index in [2.05, 4.69) is 29.2 Å². The molecule has 0 atom stereocenters. The topological polar surface area (TPSA) is 111 Å². The maximum atomic E-state index is 13.1. The van der Waals surface area contributed by atoms with Crippen molar-refractivity contribution in [3.8, 4) is 11.1 Å². The fourth-order valence-corrected chi connectivity index (χ4v) is 6.35. The molecule has 39 heavy (non-hydrogen) atoms. The lowest BCUT2D eigenvalue weighted by Crippen LogP contribution is -2.50. The number of hydrogen-bond acceptors (Lipinski definition) is 6. The molecule has 0 bridgehead atoms. The van der Waals surface area contributed by atoms with Gasteiger partial charge in [0, 0.05) is 37.8 Å². The van der Waals surface area contributed by atoms with Crippen LogP contribution in [0.1, 0.15) is 39.3 Å². The molecule has 8 nitrogen and oxygen atoms in total. The molecular formula is C30H33BN2O6. The highest BCUT2D eigenvalue weighted by Gasteiger charge is 2.32. The predicted molar refractivity (Wildman–Crippen MR) is 151 cm³/mol. The Morgan fingerprint density at radius 3 is 1.97 bits per heavy atom. The molecule has 1 fully saturated rings. The van der Waals surface area contributed by atoms with Gasteiger partial charge in [-0.05, 0) is 70.7 Å². The predicted octanol–water partition coefficient (Wildman–Crippen LogP) is 2.99. The third kappa shape index (κ3) is 4.88. The van der Waals surface area contributed by atoms with Gasteiger partial charge in [-0.3, -0.25) is 4.79 Å². The van der Waals surface area contributed by atoms with Crippen molar-refractivity contribution >= 4 is 30.3 Å². The monoisotopic (exact) mass is 528 g/mol. The average molecular weight is 528 g/mol. The van der Waals surface area contributed by atoms with Gasteiger partial charge in [0.15, 0.2) is 0 Å². The van der Waals surface area contributed by atoms with E-state index in [1.807, 2.05) is 38.1 Å². The average Bonchev–Trinajstić information content (AvgIpc) is 3.23. The molecular weight excluding hydrogens is 495 g/mol. The van der Waals surface area contributed by atoms with Crippen LogP contribution >= 0.6 is 0 Å². The van der Waals surface area contributed by atoms with Crippen molar-refractivity contribution in [3.63, 3.8) is 0 Å². The van der Waals surface area contributed by atoms with Crippen LogP contribution in [0.2, 0.25) is 0 Å². The van der Waals surface area contributed by atoms with Crippen LogP contribution in [0.25, 0.3) is 11.1 Å². The number of fused-ring (bicyclic) bond motifs is 3. The lowest BCUT2D eigenvalue weighted by Gasteiger charge is -2.38. The van der Waals surface area contributed by atoms with Crippen LogP contribution in [-0.2, 0) is 16.0 Å². The number of anilines is 1. The van der Waals surface area contributed by atoms with Gasteiger partial charge in [-0.2, -0.15) is 0 Å². The SMILES string of the molecule is Cc1c(CC(=O)O)c(C)c(N2CCN(C(=O)OCC3c4ccccc4-c4ccccc43)CC2)c(C)c1B(O)O. The standard InChI is InChI=1S/C30H33BN2O6/c1-18-25(16-27(34)35)19(2)29(20(3)28(18)31(37)38)32-12-14-33(15-13-32)30(36)39-17-26-23-10-6-4-8-21(23)22-9-5-7-11-24(22)26/h4-11,26,37-38H,12-17H2,1-3H3,(H,34,35). The van der Waals surface area contributed by atoms with E-state index in [0.717, 1.165) is 11.3 Å². The summed E-state index contributed by atoms with van der Waals surface area (Å²) in [6.07, 6.45) is -0.559. The van der Waals surface area contributed by atoms with Crippen LogP contribution in [0.5, 0.6) is 0 Å². The smallest absolute Gasteiger partial charge is 0.481 e.